The lowest BCUT2D eigenvalue weighted by Gasteiger charge is -2.08. The van der Waals surface area contributed by atoms with Crippen LogP contribution in [0.25, 0.3) is 11.0 Å². The van der Waals surface area contributed by atoms with Gasteiger partial charge in [0.2, 0.25) is 5.91 Å². The molecule has 2 N–H and O–H groups in total. The Bertz CT molecular complexity index is 928. The van der Waals surface area contributed by atoms with Crippen molar-refractivity contribution in [3.05, 3.63) is 71.0 Å². The number of furan rings is 1. The number of benzene rings is 2. The molecule has 0 radical (unpaired) electrons. The Morgan fingerprint density at radius 2 is 1.88 bits per heavy atom. The first kappa shape index (κ1) is 16.8. The van der Waals surface area contributed by atoms with E-state index in [0.717, 1.165) is 28.5 Å². The van der Waals surface area contributed by atoms with Crippen LogP contribution in [-0.4, -0.2) is 11.8 Å². The molecular formula is C20H20N2O3. The molecule has 0 aliphatic heterocycles. The molecule has 2 amide bonds. The Morgan fingerprint density at radius 3 is 2.64 bits per heavy atom. The highest BCUT2D eigenvalue weighted by Crippen LogP contribution is 2.23. The van der Waals surface area contributed by atoms with Gasteiger partial charge in [-0.05, 0) is 36.6 Å². The number of carbonyl (C=O) groups excluding carboxylic acids is 2. The van der Waals surface area contributed by atoms with Crippen molar-refractivity contribution >= 4 is 22.8 Å². The monoisotopic (exact) mass is 336 g/mol. The number of amides is 2. The second-order valence-corrected chi connectivity index (χ2v) is 5.94. The average Bonchev–Trinajstić information content (AvgIpc) is 3.02. The zero-order chi connectivity index (χ0) is 17.8. The smallest absolute Gasteiger partial charge is 0.269 e. The summed E-state index contributed by atoms with van der Waals surface area (Å²) in [5.41, 5.74) is 9.03. The number of hydrogen-bond acceptors (Lipinski definition) is 3. The summed E-state index contributed by atoms with van der Waals surface area (Å²) in [7, 11) is 0. The van der Waals surface area contributed by atoms with Gasteiger partial charge in [-0.3, -0.25) is 20.4 Å². The van der Waals surface area contributed by atoms with Crippen LogP contribution in [0.3, 0.4) is 0 Å². The van der Waals surface area contributed by atoms with Crippen LogP contribution in [0.5, 0.6) is 0 Å². The molecule has 0 atom stereocenters. The van der Waals surface area contributed by atoms with Gasteiger partial charge >= 0.3 is 0 Å². The summed E-state index contributed by atoms with van der Waals surface area (Å²) in [6, 6.07) is 13.2. The van der Waals surface area contributed by atoms with Crippen LogP contribution in [0, 0.1) is 6.92 Å². The van der Waals surface area contributed by atoms with E-state index in [1.807, 2.05) is 37.3 Å². The van der Waals surface area contributed by atoms with Crippen molar-refractivity contribution in [3.8, 4) is 0 Å². The summed E-state index contributed by atoms with van der Waals surface area (Å²) in [6.45, 7) is 3.93. The highest BCUT2D eigenvalue weighted by atomic mass is 16.3. The van der Waals surface area contributed by atoms with Crippen LogP contribution in [0.2, 0.25) is 0 Å². The van der Waals surface area contributed by atoms with E-state index in [1.165, 1.54) is 5.56 Å². The first-order valence-corrected chi connectivity index (χ1v) is 8.22. The van der Waals surface area contributed by atoms with E-state index >= 15 is 0 Å². The van der Waals surface area contributed by atoms with Gasteiger partial charge in [-0.15, -0.1) is 0 Å². The van der Waals surface area contributed by atoms with Gasteiger partial charge in [0.25, 0.3) is 5.91 Å². The number of fused-ring (bicyclic) bond motifs is 1. The normalized spacial score (nSPS) is 10.6. The van der Waals surface area contributed by atoms with Gasteiger partial charge in [0.1, 0.15) is 5.58 Å². The molecule has 0 unspecified atom stereocenters. The third-order valence-electron chi connectivity index (χ3n) is 4.18. The number of nitrogens with one attached hydrogen (secondary N) is 2. The van der Waals surface area contributed by atoms with E-state index in [1.54, 1.807) is 18.4 Å². The third kappa shape index (κ3) is 3.71. The van der Waals surface area contributed by atoms with Gasteiger partial charge in [-0.1, -0.05) is 37.3 Å². The number of aryl methyl sites for hydroxylation is 2. The SMILES string of the molecule is CCc1ccc2c(CC(=O)NNC(=O)c3ccccc3C)coc2c1. The number of hydrogen-bond donors (Lipinski definition) is 2. The molecule has 0 bridgehead atoms. The Balaban J connectivity index is 1.63. The lowest BCUT2D eigenvalue weighted by Crippen LogP contribution is -2.42. The van der Waals surface area contributed by atoms with Crippen molar-refractivity contribution in [1.29, 1.82) is 0 Å². The van der Waals surface area contributed by atoms with Crippen LogP contribution < -0.4 is 10.9 Å². The minimum atomic E-state index is -0.337. The summed E-state index contributed by atoms with van der Waals surface area (Å²) in [4.78, 5) is 24.2. The van der Waals surface area contributed by atoms with Crippen LogP contribution >= 0.6 is 0 Å². The Kier molecular flexibility index (Phi) is 4.84. The predicted octanol–water partition coefficient (Wildman–Crippen LogP) is 3.31. The minimum Gasteiger partial charge on any atom is -0.464 e. The molecule has 0 saturated carbocycles. The quantitative estimate of drug-likeness (QED) is 0.718. The van der Waals surface area contributed by atoms with E-state index in [-0.39, 0.29) is 18.2 Å². The standard InChI is InChI=1S/C20H20N2O3/c1-3-14-8-9-17-15(12-25-18(17)10-14)11-19(23)21-22-20(24)16-7-5-4-6-13(16)2/h4-10,12H,3,11H2,1-2H3,(H,21,23)(H,22,24). The molecule has 1 aromatic heterocycles. The lowest BCUT2D eigenvalue weighted by molar-refractivity contribution is -0.121. The van der Waals surface area contributed by atoms with Crippen LogP contribution in [0.4, 0.5) is 0 Å². The lowest BCUT2D eigenvalue weighted by atomic mass is 10.1. The van der Waals surface area contributed by atoms with Crippen molar-refractivity contribution in [2.75, 3.05) is 0 Å². The van der Waals surface area contributed by atoms with Crippen molar-refractivity contribution in [2.24, 2.45) is 0 Å². The Hall–Kier alpha value is -3.08. The summed E-state index contributed by atoms with van der Waals surface area (Å²) < 4.78 is 5.54. The maximum atomic E-state index is 12.1. The minimum absolute atomic E-state index is 0.131. The predicted molar refractivity (Wildman–Crippen MR) is 96.1 cm³/mol. The maximum Gasteiger partial charge on any atom is 0.269 e. The Morgan fingerprint density at radius 1 is 1.08 bits per heavy atom. The number of hydrazine groups is 1. The van der Waals surface area contributed by atoms with E-state index < -0.39 is 0 Å². The average molecular weight is 336 g/mol. The topological polar surface area (TPSA) is 71.3 Å². The summed E-state index contributed by atoms with van der Waals surface area (Å²) in [5, 5.41) is 0.914. The fourth-order valence-electron chi connectivity index (χ4n) is 2.72. The van der Waals surface area contributed by atoms with E-state index in [9.17, 15) is 9.59 Å². The number of rotatable bonds is 4. The first-order chi connectivity index (χ1) is 12.1. The molecule has 0 aliphatic carbocycles. The van der Waals surface area contributed by atoms with Crippen molar-refractivity contribution in [2.45, 2.75) is 26.7 Å². The fraction of sp³-hybridized carbons (Fsp3) is 0.200. The zero-order valence-electron chi connectivity index (χ0n) is 14.3. The number of carbonyl (C=O) groups is 2. The maximum absolute atomic E-state index is 12.1. The third-order valence-corrected chi connectivity index (χ3v) is 4.18. The molecule has 0 aliphatic rings. The van der Waals surface area contributed by atoms with Gasteiger partial charge in [0, 0.05) is 16.5 Å². The van der Waals surface area contributed by atoms with Gasteiger partial charge < -0.3 is 4.42 Å². The molecule has 3 aromatic rings. The van der Waals surface area contributed by atoms with Gasteiger partial charge in [-0.25, -0.2) is 0 Å². The molecule has 3 rings (SSSR count). The van der Waals surface area contributed by atoms with Crippen LogP contribution in [-0.2, 0) is 17.6 Å². The van der Waals surface area contributed by atoms with Crippen molar-refractivity contribution < 1.29 is 14.0 Å². The highest BCUT2D eigenvalue weighted by Gasteiger charge is 2.13. The molecular weight excluding hydrogens is 316 g/mol. The van der Waals surface area contributed by atoms with E-state index in [0.29, 0.717) is 5.56 Å². The molecule has 2 aromatic carbocycles. The van der Waals surface area contributed by atoms with Gasteiger partial charge in [0.15, 0.2) is 0 Å². The van der Waals surface area contributed by atoms with Crippen molar-refractivity contribution in [3.63, 3.8) is 0 Å². The van der Waals surface area contributed by atoms with Gasteiger partial charge in [0.05, 0.1) is 12.7 Å². The van der Waals surface area contributed by atoms with Crippen LogP contribution in [0.15, 0.2) is 53.1 Å². The zero-order valence-corrected chi connectivity index (χ0v) is 14.3. The molecule has 0 saturated heterocycles. The largest absolute Gasteiger partial charge is 0.464 e. The fourth-order valence-corrected chi connectivity index (χ4v) is 2.72. The molecule has 1 heterocycles. The van der Waals surface area contributed by atoms with Gasteiger partial charge in [-0.2, -0.15) is 0 Å². The Labute approximate surface area is 146 Å². The first-order valence-electron chi connectivity index (χ1n) is 8.22. The summed E-state index contributed by atoms with van der Waals surface area (Å²) in [6.07, 6.45) is 2.65. The second-order valence-electron chi connectivity index (χ2n) is 5.94. The summed E-state index contributed by atoms with van der Waals surface area (Å²) in [5.74, 6) is -0.639. The van der Waals surface area contributed by atoms with E-state index in [4.69, 9.17) is 4.42 Å². The summed E-state index contributed by atoms with van der Waals surface area (Å²) >= 11 is 0. The molecule has 0 spiro atoms. The molecule has 128 valence electrons. The molecule has 5 heteroatoms. The van der Waals surface area contributed by atoms with Crippen LogP contribution in [0.1, 0.15) is 34.0 Å². The highest BCUT2D eigenvalue weighted by molar-refractivity contribution is 5.97. The molecule has 25 heavy (non-hydrogen) atoms. The molecule has 0 fully saturated rings. The van der Waals surface area contributed by atoms with Crippen molar-refractivity contribution in [1.82, 2.24) is 10.9 Å². The second kappa shape index (κ2) is 7.21. The van der Waals surface area contributed by atoms with E-state index in [2.05, 4.69) is 17.8 Å². The molecule has 5 nitrogen and oxygen atoms in total.